The van der Waals surface area contributed by atoms with Crippen LogP contribution < -0.4 is 11.1 Å². The van der Waals surface area contributed by atoms with Crippen molar-refractivity contribution in [3.63, 3.8) is 0 Å². The molecule has 0 aliphatic rings. The van der Waals surface area contributed by atoms with Gasteiger partial charge in [0.2, 0.25) is 0 Å². The lowest BCUT2D eigenvalue weighted by molar-refractivity contribution is 0.425. The van der Waals surface area contributed by atoms with Crippen molar-refractivity contribution in [2.45, 2.75) is 26.2 Å². The molecule has 0 radical (unpaired) electrons. The molecular formula is C32H35FN10. The van der Waals surface area contributed by atoms with Gasteiger partial charge in [0.1, 0.15) is 18.0 Å². The van der Waals surface area contributed by atoms with E-state index < -0.39 is 0 Å². The Bertz CT molecular complexity index is 1920. The van der Waals surface area contributed by atoms with Crippen LogP contribution in [0.25, 0.3) is 38.9 Å². The lowest BCUT2D eigenvalue weighted by Gasteiger charge is -2.15. The highest BCUT2D eigenvalue weighted by molar-refractivity contribution is 6.00. The van der Waals surface area contributed by atoms with Crippen LogP contribution in [0, 0.1) is 5.82 Å². The standard InChI is InChI=1S/C32H35FN10/c1-5-22-15-27(36-9-11-41(2)3)30-25(33)13-20(14-28(30)39-22)6-7-21-12-23(17-35-16-21)43-18-24(26-8-10-42(4)40-26)29-31(34)37-19-38-32(29)43/h8,10,12-19H,5-7,9,11H2,1-4H3,(H,36,39)(H2,34,37,38). The molecule has 0 aliphatic heterocycles. The van der Waals surface area contributed by atoms with E-state index in [0.717, 1.165) is 64.3 Å². The van der Waals surface area contributed by atoms with Crippen molar-refractivity contribution in [3.8, 4) is 16.9 Å². The molecule has 0 saturated heterocycles. The summed E-state index contributed by atoms with van der Waals surface area (Å²) in [5.41, 5.74) is 13.7. The Balaban J connectivity index is 1.29. The van der Waals surface area contributed by atoms with Crippen LogP contribution in [0.5, 0.6) is 0 Å². The quantitative estimate of drug-likeness (QED) is 0.238. The van der Waals surface area contributed by atoms with E-state index in [1.54, 1.807) is 16.9 Å². The summed E-state index contributed by atoms with van der Waals surface area (Å²) in [7, 11) is 5.91. The molecule has 0 unspecified atom stereocenters. The summed E-state index contributed by atoms with van der Waals surface area (Å²) >= 11 is 0. The molecule has 3 N–H and O–H groups in total. The molecule has 0 amide bonds. The van der Waals surface area contributed by atoms with Gasteiger partial charge in [-0.1, -0.05) is 6.92 Å². The number of nitrogen functional groups attached to an aromatic ring is 1. The molecule has 6 aromatic rings. The molecule has 0 fully saturated rings. The SMILES string of the molecule is CCc1cc(NCCN(C)C)c2c(F)cc(CCc3cncc(-n4cc(-c5ccn(C)n5)c5c(N)ncnc54)c3)cc2n1. The van der Waals surface area contributed by atoms with Crippen LogP contribution in [-0.4, -0.2) is 66.4 Å². The molecule has 11 heteroatoms. The van der Waals surface area contributed by atoms with Crippen molar-refractivity contribution in [1.29, 1.82) is 0 Å². The maximum Gasteiger partial charge on any atom is 0.150 e. The van der Waals surface area contributed by atoms with Gasteiger partial charge in [-0.3, -0.25) is 19.2 Å². The van der Waals surface area contributed by atoms with Crippen LogP contribution in [0.2, 0.25) is 0 Å². The van der Waals surface area contributed by atoms with Gasteiger partial charge in [-0.15, -0.1) is 0 Å². The van der Waals surface area contributed by atoms with Crippen molar-refractivity contribution in [2.24, 2.45) is 7.05 Å². The van der Waals surface area contributed by atoms with Gasteiger partial charge in [0.25, 0.3) is 0 Å². The van der Waals surface area contributed by atoms with Gasteiger partial charge in [-0.25, -0.2) is 14.4 Å². The second-order valence-corrected chi connectivity index (χ2v) is 11.0. The van der Waals surface area contributed by atoms with Gasteiger partial charge in [0.15, 0.2) is 5.65 Å². The summed E-state index contributed by atoms with van der Waals surface area (Å²) in [5.74, 6) is 0.128. The van der Waals surface area contributed by atoms with E-state index in [2.05, 4.69) is 43.3 Å². The van der Waals surface area contributed by atoms with E-state index in [9.17, 15) is 0 Å². The fraction of sp³-hybridized carbons (Fsp3) is 0.281. The maximum absolute atomic E-state index is 15.5. The van der Waals surface area contributed by atoms with Crippen LogP contribution >= 0.6 is 0 Å². The van der Waals surface area contributed by atoms with Crippen molar-refractivity contribution in [1.82, 2.24) is 39.2 Å². The third kappa shape index (κ3) is 5.76. The fourth-order valence-corrected chi connectivity index (χ4v) is 5.37. The highest BCUT2D eigenvalue weighted by Crippen LogP contribution is 2.33. The minimum Gasteiger partial charge on any atom is -0.383 e. The number of rotatable bonds is 10. The predicted molar refractivity (Wildman–Crippen MR) is 169 cm³/mol. The first-order chi connectivity index (χ1) is 20.8. The number of likely N-dealkylation sites (N-methyl/N-ethyl adjacent to an activating group) is 1. The third-order valence-corrected chi connectivity index (χ3v) is 7.57. The molecular weight excluding hydrogens is 543 g/mol. The van der Waals surface area contributed by atoms with E-state index in [1.165, 1.54) is 6.33 Å². The minimum absolute atomic E-state index is 0.264. The molecule has 10 nitrogen and oxygen atoms in total. The van der Waals surface area contributed by atoms with E-state index in [1.807, 2.05) is 62.5 Å². The smallest absolute Gasteiger partial charge is 0.150 e. The predicted octanol–water partition coefficient (Wildman–Crippen LogP) is 4.81. The molecule has 0 spiro atoms. The van der Waals surface area contributed by atoms with E-state index >= 15 is 4.39 Å². The molecule has 0 saturated carbocycles. The van der Waals surface area contributed by atoms with Crippen LogP contribution in [0.4, 0.5) is 15.9 Å². The molecule has 0 aliphatic carbocycles. The van der Waals surface area contributed by atoms with Crippen LogP contribution in [-0.2, 0) is 26.3 Å². The Labute approximate surface area is 249 Å². The van der Waals surface area contributed by atoms with Crippen LogP contribution in [0.15, 0.2) is 61.4 Å². The fourth-order valence-electron chi connectivity index (χ4n) is 5.37. The first kappa shape index (κ1) is 28.2. The average Bonchev–Trinajstić information content (AvgIpc) is 3.60. The normalized spacial score (nSPS) is 11.7. The zero-order valence-corrected chi connectivity index (χ0v) is 24.8. The number of aromatic nitrogens is 7. The highest BCUT2D eigenvalue weighted by atomic mass is 19.1. The number of halogens is 1. The van der Waals surface area contributed by atoms with Crippen molar-refractivity contribution in [3.05, 3.63) is 84.1 Å². The van der Waals surface area contributed by atoms with E-state index in [-0.39, 0.29) is 5.82 Å². The molecule has 6 rings (SSSR count). The lowest BCUT2D eigenvalue weighted by atomic mass is 10.0. The Hall–Kier alpha value is -4.90. The molecule has 5 aromatic heterocycles. The van der Waals surface area contributed by atoms with Crippen molar-refractivity contribution < 1.29 is 4.39 Å². The summed E-state index contributed by atoms with van der Waals surface area (Å²) < 4.78 is 19.2. The molecule has 0 bridgehead atoms. The number of nitrogens with two attached hydrogens (primary N) is 1. The topological polar surface area (TPSA) is 116 Å². The van der Waals surface area contributed by atoms with Crippen molar-refractivity contribution in [2.75, 3.05) is 38.2 Å². The zero-order chi connectivity index (χ0) is 30.1. The molecule has 0 atom stereocenters. The van der Waals surface area contributed by atoms with Gasteiger partial charge in [0.05, 0.1) is 33.9 Å². The van der Waals surface area contributed by atoms with Gasteiger partial charge in [-0.2, -0.15) is 5.10 Å². The second-order valence-electron chi connectivity index (χ2n) is 11.0. The van der Waals surface area contributed by atoms with Gasteiger partial charge >= 0.3 is 0 Å². The summed E-state index contributed by atoms with van der Waals surface area (Å²) in [4.78, 5) is 20.1. The minimum atomic E-state index is -0.264. The zero-order valence-electron chi connectivity index (χ0n) is 24.8. The van der Waals surface area contributed by atoms with Gasteiger partial charge in [-0.05, 0) is 74.8 Å². The Morgan fingerprint density at radius 3 is 2.63 bits per heavy atom. The largest absolute Gasteiger partial charge is 0.383 e. The number of nitrogens with zero attached hydrogens (tertiary/aromatic N) is 8. The van der Waals surface area contributed by atoms with Gasteiger partial charge in [0, 0.05) is 55.7 Å². The van der Waals surface area contributed by atoms with Crippen LogP contribution in [0.3, 0.4) is 0 Å². The Morgan fingerprint density at radius 2 is 1.86 bits per heavy atom. The summed E-state index contributed by atoms with van der Waals surface area (Å²) in [5, 5.41) is 9.25. The number of pyridine rings is 2. The summed E-state index contributed by atoms with van der Waals surface area (Å²) in [6, 6.07) is 9.60. The van der Waals surface area contributed by atoms with E-state index in [4.69, 9.17) is 10.7 Å². The summed E-state index contributed by atoms with van der Waals surface area (Å²) in [6.07, 6.45) is 11.0. The molecule has 43 heavy (non-hydrogen) atoms. The molecule has 220 valence electrons. The monoisotopic (exact) mass is 578 g/mol. The van der Waals surface area contributed by atoms with E-state index in [0.29, 0.717) is 35.2 Å². The summed E-state index contributed by atoms with van der Waals surface area (Å²) in [6.45, 7) is 3.63. The first-order valence-corrected chi connectivity index (χ1v) is 14.4. The average molecular weight is 579 g/mol. The Morgan fingerprint density at radius 1 is 1.02 bits per heavy atom. The lowest BCUT2D eigenvalue weighted by Crippen LogP contribution is -2.21. The second kappa shape index (κ2) is 11.8. The van der Waals surface area contributed by atoms with Crippen molar-refractivity contribution >= 4 is 33.4 Å². The number of nitrogens with one attached hydrogen (secondary N) is 1. The number of hydrogen-bond acceptors (Lipinski definition) is 8. The first-order valence-electron chi connectivity index (χ1n) is 14.4. The number of fused-ring (bicyclic) bond motifs is 2. The number of hydrogen-bond donors (Lipinski definition) is 2. The van der Waals surface area contributed by atoms with Crippen LogP contribution in [0.1, 0.15) is 23.7 Å². The number of benzene rings is 1. The van der Waals surface area contributed by atoms with Gasteiger partial charge < -0.3 is 16.0 Å². The molecule has 5 heterocycles. The number of aryl methyl sites for hydroxylation is 4. The number of anilines is 2. The molecule has 1 aromatic carbocycles. The Kier molecular flexibility index (Phi) is 7.73. The third-order valence-electron chi connectivity index (χ3n) is 7.57. The highest BCUT2D eigenvalue weighted by Gasteiger charge is 2.18. The maximum atomic E-state index is 15.5.